The Kier molecular flexibility index (Phi) is 3.60. The van der Waals surface area contributed by atoms with E-state index in [0.717, 1.165) is 16.8 Å². The van der Waals surface area contributed by atoms with Crippen molar-refractivity contribution in [3.05, 3.63) is 35.7 Å². The number of ether oxygens (including phenoxy) is 1. The highest BCUT2D eigenvalue weighted by molar-refractivity contribution is 5.90. The van der Waals surface area contributed by atoms with E-state index < -0.39 is 5.54 Å². The first-order valence-electron chi connectivity index (χ1n) is 6.99. The van der Waals surface area contributed by atoms with Crippen molar-refractivity contribution in [3.8, 4) is 0 Å². The van der Waals surface area contributed by atoms with Gasteiger partial charge in [-0.3, -0.25) is 0 Å². The first-order valence-corrected chi connectivity index (χ1v) is 6.99. The Bertz CT molecular complexity index is 617. The molecule has 3 nitrogen and oxygen atoms in total. The normalized spacial score (nSPS) is 17.1. The lowest BCUT2D eigenvalue weighted by Crippen LogP contribution is -2.60. The van der Waals surface area contributed by atoms with Crippen LogP contribution in [0.4, 0.5) is 10.1 Å². The van der Waals surface area contributed by atoms with Crippen LogP contribution < -0.4 is 4.90 Å². The fourth-order valence-electron chi connectivity index (χ4n) is 3.36. The van der Waals surface area contributed by atoms with Crippen LogP contribution in [0.1, 0.15) is 40.2 Å². The molecule has 0 spiro atoms. The van der Waals surface area contributed by atoms with Crippen molar-refractivity contribution in [3.63, 3.8) is 0 Å². The minimum atomic E-state index is -0.859. The molecule has 2 rings (SSSR count). The number of carbonyl (C=O) groups is 1. The van der Waals surface area contributed by atoms with Crippen molar-refractivity contribution >= 4 is 17.2 Å². The molecule has 1 aliphatic heterocycles. The Morgan fingerprint density at radius 3 is 2.52 bits per heavy atom. The number of esters is 1. The molecule has 114 valence electrons. The molecule has 4 heteroatoms. The lowest BCUT2D eigenvalue weighted by Gasteiger charge is -2.50. The van der Waals surface area contributed by atoms with Gasteiger partial charge in [0.15, 0.2) is 0 Å². The zero-order valence-electron chi connectivity index (χ0n) is 13.5. The van der Waals surface area contributed by atoms with Crippen molar-refractivity contribution in [2.45, 2.75) is 45.7 Å². The molecule has 0 unspecified atom stereocenters. The summed E-state index contributed by atoms with van der Waals surface area (Å²) in [5.74, 6) is -0.601. The van der Waals surface area contributed by atoms with Crippen LogP contribution in [0.2, 0.25) is 0 Å². The molecule has 0 saturated heterocycles. The van der Waals surface area contributed by atoms with Crippen LogP contribution in [0.5, 0.6) is 0 Å². The van der Waals surface area contributed by atoms with Crippen LogP contribution in [0.15, 0.2) is 24.3 Å². The van der Waals surface area contributed by atoms with Crippen molar-refractivity contribution in [2.24, 2.45) is 0 Å². The second-order valence-electron chi connectivity index (χ2n) is 6.53. The number of hydrogen-bond donors (Lipinski definition) is 0. The summed E-state index contributed by atoms with van der Waals surface area (Å²) in [5, 5.41) is 0. The van der Waals surface area contributed by atoms with Gasteiger partial charge in [-0.25, -0.2) is 9.18 Å². The maximum absolute atomic E-state index is 13.6. The number of fused-ring (bicyclic) bond motifs is 1. The Morgan fingerprint density at radius 2 is 1.95 bits per heavy atom. The highest BCUT2D eigenvalue weighted by Crippen LogP contribution is 2.43. The molecule has 0 fully saturated rings. The third-order valence-electron chi connectivity index (χ3n) is 4.01. The molecule has 0 N–H and O–H groups in total. The van der Waals surface area contributed by atoms with Gasteiger partial charge in [-0.2, -0.15) is 0 Å². The molecular formula is C17H22FNO2. The Hall–Kier alpha value is -1.84. The number of halogens is 1. The SMILES string of the molecule is COC(=O)C(C)(C)N1c2ccc(F)cc2C(C)=CC1(C)C. The number of rotatable bonds is 2. The molecular weight excluding hydrogens is 269 g/mol. The fourth-order valence-corrected chi connectivity index (χ4v) is 3.36. The highest BCUT2D eigenvalue weighted by Gasteiger charge is 2.45. The van der Waals surface area contributed by atoms with Crippen LogP contribution in [-0.4, -0.2) is 24.2 Å². The van der Waals surface area contributed by atoms with Crippen molar-refractivity contribution < 1.29 is 13.9 Å². The van der Waals surface area contributed by atoms with Gasteiger partial charge in [0.25, 0.3) is 0 Å². The molecule has 1 aromatic rings. The highest BCUT2D eigenvalue weighted by atomic mass is 19.1. The van der Waals surface area contributed by atoms with Gasteiger partial charge in [0.05, 0.1) is 12.6 Å². The second-order valence-corrected chi connectivity index (χ2v) is 6.53. The molecule has 1 heterocycles. The standard InChI is InChI=1S/C17H22FNO2/c1-11-10-16(2,3)19(17(4,5)15(20)21-6)14-8-7-12(18)9-13(11)14/h7-10H,1-6H3. The van der Waals surface area contributed by atoms with Gasteiger partial charge < -0.3 is 9.64 Å². The minimum absolute atomic E-state index is 0.281. The summed E-state index contributed by atoms with van der Waals surface area (Å²) in [6, 6.07) is 4.66. The van der Waals surface area contributed by atoms with E-state index in [1.165, 1.54) is 19.2 Å². The monoisotopic (exact) mass is 291 g/mol. The van der Waals surface area contributed by atoms with E-state index in [-0.39, 0.29) is 17.3 Å². The fraction of sp³-hybridized carbons (Fsp3) is 0.471. The van der Waals surface area contributed by atoms with E-state index in [4.69, 9.17) is 4.74 Å². The summed E-state index contributed by atoms with van der Waals surface area (Å²) in [5.41, 5.74) is 1.42. The van der Waals surface area contributed by atoms with Gasteiger partial charge in [0.2, 0.25) is 0 Å². The Balaban J connectivity index is 2.68. The summed E-state index contributed by atoms with van der Waals surface area (Å²) in [6.07, 6.45) is 2.06. The maximum Gasteiger partial charge on any atom is 0.331 e. The van der Waals surface area contributed by atoms with Gasteiger partial charge in [-0.15, -0.1) is 0 Å². The molecule has 0 radical (unpaired) electrons. The molecule has 0 atom stereocenters. The third-order valence-corrected chi connectivity index (χ3v) is 4.01. The zero-order valence-corrected chi connectivity index (χ0v) is 13.5. The summed E-state index contributed by atoms with van der Waals surface area (Å²) in [6.45, 7) is 9.67. The summed E-state index contributed by atoms with van der Waals surface area (Å²) < 4.78 is 18.5. The van der Waals surface area contributed by atoms with Crippen LogP contribution in [0, 0.1) is 5.82 Å². The van der Waals surface area contributed by atoms with Gasteiger partial charge in [0.1, 0.15) is 11.4 Å². The average Bonchev–Trinajstić information content (AvgIpc) is 2.37. The van der Waals surface area contributed by atoms with Crippen LogP contribution in [0.3, 0.4) is 0 Å². The molecule has 0 aliphatic carbocycles. The lowest BCUT2D eigenvalue weighted by molar-refractivity contribution is -0.146. The second kappa shape index (κ2) is 4.86. The van der Waals surface area contributed by atoms with Gasteiger partial charge in [0, 0.05) is 11.3 Å². The Labute approximate surface area is 125 Å². The number of nitrogens with zero attached hydrogens (tertiary/aromatic N) is 1. The van der Waals surface area contributed by atoms with Crippen molar-refractivity contribution in [2.75, 3.05) is 12.0 Å². The van der Waals surface area contributed by atoms with Gasteiger partial charge >= 0.3 is 5.97 Å². The molecule has 1 aromatic carbocycles. The van der Waals surface area contributed by atoms with Crippen LogP contribution >= 0.6 is 0 Å². The minimum Gasteiger partial charge on any atom is -0.467 e. The molecule has 0 saturated carbocycles. The molecule has 0 bridgehead atoms. The number of benzene rings is 1. The van der Waals surface area contributed by atoms with Crippen LogP contribution in [0.25, 0.3) is 5.57 Å². The molecule has 1 aliphatic rings. The average molecular weight is 291 g/mol. The predicted octanol–water partition coefficient (Wildman–Crippen LogP) is 3.78. The summed E-state index contributed by atoms with van der Waals surface area (Å²) in [7, 11) is 1.38. The molecule has 21 heavy (non-hydrogen) atoms. The van der Waals surface area contributed by atoms with E-state index in [0.29, 0.717) is 0 Å². The molecule has 0 amide bonds. The van der Waals surface area contributed by atoms with Gasteiger partial charge in [-0.05, 0) is 58.4 Å². The van der Waals surface area contributed by atoms with E-state index in [9.17, 15) is 9.18 Å². The number of hydrogen-bond acceptors (Lipinski definition) is 3. The van der Waals surface area contributed by atoms with E-state index >= 15 is 0 Å². The smallest absolute Gasteiger partial charge is 0.331 e. The summed E-state index contributed by atoms with van der Waals surface area (Å²) >= 11 is 0. The third kappa shape index (κ3) is 2.43. The lowest BCUT2D eigenvalue weighted by atomic mass is 9.84. The van der Waals surface area contributed by atoms with Gasteiger partial charge in [-0.1, -0.05) is 6.08 Å². The van der Waals surface area contributed by atoms with E-state index in [1.54, 1.807) is 6.07 Å². The summed E-state index contributed by atoms with van der Waals surface area (Å²) in [4.78, 5) is 14.2. The largest absolute Gasteiger partial charge is 0.467 e. The molecule has 0 aromatic heterocycles. The first-order chi connectivity index (χ1) is 9.61. The number of methoxy groups -OCH3 is 1. The predicted molar refractivity (Wildman–Crippen MR) is 82.7 cm³/mol. The van der Waals surface area contributed by atoms with Crippen molar-refractivity contribution in [1.29, 1.82) is 0 Å². The van der Waals surface area contributed by atoms with Crippen LogP contribution in [-0.2, 0) is 9.53 Å². The van der Waals surface area contributed by atoms with E-state index in [1.807, 2.05) is 39.5 Å². The Morgan fingerprint density at radius 1 is 1.33 bits per heavy atom. The quantitative estimate of drug-likeness (QED) is 0.777. The zero-order chi connectivity index (χ0) is 16.0. The number of anilines is 1. The van der Waals surface area contributed by atoms with E-state index in [2.05, 4.69) is 6.08 Å². The maximum atomic E-state index is 13.6. The number of carbonyl (C=O) groups excluding carboxylic acids is 1. The first kappa shape index (κ1) is 15.5. The number of allylic oxidation sites excluding steroid dienone is 1. The topological polar surface area (TPSA) is 29.5 Å². The van der Waals surface area contributed by atoms with Crippen molar-refractivity contribution in [1.82, 2.24) is 0 Å².